The maximum atomic E-state index is 11.7. The zero-order chi connectivity index (χ0) is 13.5. The van der Waals surface area contributed by atoms with E-state index in [1.54, 1.807) is 6.07 Å². The molecule has 1 N–H and O–H groups in total. The summed E-state index contributed by atoms with van der Waals surface area (Å²) in [7, 11) is 0. The number of aryl methyl sites for hydroxylation is 1. The lowest BCUT2D eigenvalue weighted by molar-refractivity contribution is -0.116. The third-order valence-electron chi connectivity index (χ3n) is 2.50. The lowest BCUT2D eigenvalue weighted by Crippen LogP contribution is -2.16. The van der Waals surface area contributed by atoms with Crippen molar-refractivity contribution in [2.45, 2.75) is 13.3 Å². The molecule has 0 saturated heterocycles. The number of ether oxygens (including phenoxy) is 1. The number of hydrogen-bond donors (Lipinski definition) is 1. The summed E-state index contributed by atoms with van der Waals surface area (Å²) in [4.78, 5) is 15.9. The molecule has 0 bridgehead atoms. The Bertz CT molecular complexity index is 541. The Balaban J connectivity index is 1.76. The second kappa shape index (κ2) is 6.54. The highest BCUT2D eigenvalue weighted by atomic mass is 16.5. The van der Waals surface area contributed by atoms with Gasteiger partial charge in [0, 0.05) is 5.69 Å². The van der Waals surface area contributed by atoms with Gasteiger partial charge < -0.3 is 10.1 Å². The Morgan fingerprint density at radius 3 is 2.68 bits per heavy atom. The van der Waals surface area contributed by atoms with Crippen molar-refractivity contribution in [3.63, 3.8) is 0 Å². The van der Waals surface area contributed by atoms with Crippen LogP contribution in [-0.4, -0.2) is 17.5 Å². The zero-order valence-corrected chi connectivity index (χ0v) is 10.8. The van der Waals surface area contributed by atoms with Crippen LogP contribution in [0, 0.1) is 6.92 Å². The van der Waals surface area contributed by atoms with Crippen LogP contribution >= 0.6 is 0 Å². The van der Waals surface area contributed by atoms with Crippen LogP contribution in [0.1, 0.15) is 12.1 Å². The van der Waals surface area contributed by atoms with Crippen LogP contribution in [0.5, 0.6) is 5.75 Å². The second-order valence-electron chi connectivity index (χ2n) is 4.12. The second-order valence-corrected chi connectivity index (χ2v) is 4.12. The van der Waals surface area contributed by atoms with Crippen molar-refractivity contribution in [2.75, 3.05) is 11.9 Å². The zero-order valence-electron chi connectivity index (χ0n) is 10.8. The van der Waals surface area contributed by atoms with Crippen molar-refractivity contribution in [1.29, 1.82) is 0 Å². The Morgan fingerprint density at radius 1 is 1.16 bits per heavy atom. The van der Waals surface area contributed by atoms with Gasteiger partial charge in [0.2, 0.25) is 5.91 Å². The summed E-state index contributed by atoms with van der Waals surface area (Å²) >= 11 is 0. The first-order chi connectivity index (χ1) is 9.24. The van der Waals surface area contributed by atoms with Gasteiger partial charge in [0.25, 0.3) is 0 Å². The summed E-state index contributed by atoms with van der Waals surface area (Å²) in [5.41, 5.74) is 0.873. The van der Waals surface area contributed by atoms with E-state index in [1.807, 2.05) is 49.4 Å². The molecule has 0 aliphatic rings. The van der Waals surface area contributed by atoms with Gasteiger partial charge in [0.15, 0.2) is 0 Å². The van der Waals surface area contributed by atoms with Gasteiger partial charge in [-0.25, -0.2) is 4.98 Å². The molecule has 4 heteroatoms. The third-order valence-corrected chi connectivity index (χ3v) is 2.50. The molecule has 0 atom stereocenters. The molecule has 4 nitrogen and oxygen atoms in total. The first kappa shape index (κ1) is 13.1. The lowest BCUT2D eigenvalue weighted by Gasteiger charge is -2.07. The molecule has 0 radical (unpaired) electrons. The SMILES string of the molecule is Cc1cccc(NC(=O)CCOc2ccccc2)n1. The van der Waals surface area contributed by atoms with Gasteiger partial charge in [-0.15, -0.1) is 0 Å². The van der Waals surface area contributed by atoms with Gasteiger partial charge in [-0.3, -0.25) is 4.79 Å². The van der Waals surface area contributed by atoms with Crippen LogP contribution in [0.15, 0.2) is 48.5 Å². The molecule has 0 spiro atoms. The number of nitrogens with one attached hydrogen (secondary N) is 1. The predicted octanol–water partition coefficient (Wildman–Crippen LogP) is 2.80. The molecule has 19 heavy (non-hydrogen) atoms. The Kier molecular flexibility index (Phi) is 4.50. The molecule has 1 aromatic heterocycles. The molecule has 0 saturated carbocycles. The number of rotatable bonds is 5. The fraction of sp³-hybridized carbons (Fsp3) is 0.200. The van der Waals surface area contributed by atoms with E-state index in [9.17, 15) is 4.79 Å². The number of amides is 1. The minimum Gasteiger partial charge on any atom is -0.493 e. The topological polar surface area (TPSA) is 51.2 Å². The Morgan fingerprint density at radius 2 is 1.95 bits per heavy atom. The first-order valence-corrected chi connectivity index (χ1v) is 6.15. The monoisotopic (exact) mass is 256 g/mol. The van der Waals surface area contributed by atoms with E-state index in [-0.39, 0.29) is 5.91 Å². The first-order valence-electron chi connectivity index (χ1n) is 6.15. The lowest BCUT2D eigenvalue weighted by atomic mass is 10.3. The molecule has 0 fully saturated rings. The smallest absolute Gasteiger partial charge is 0.228 e. The number of para-hydroxylation sites is 1. The quantitative estimate of drug-likeness (QED) is 0.895. The number of anilines is 1. The molecule has 2 aromatic rings. The molecule has 98 valence electrons. The van der Waals surface area contributed by atoms with E-state index >= 15 is 0 Å². The Labute approximate surface area is 112 Å². The summed E-state index contributed by atoms with van der Waals surface area (Å²) in [5.74, 6) is 1.24. The van der Waals surface area contributed by atoms with Gasteiger partial charge in [-0.2, -0.15) is 0 Å². The third kappa shape index (κ3) is 4.43. The summed E-state index contributed by atoms with van der Waals surface area (Å²) in [6, 6.07) is 14.9. The fourth-order valence-electron chi connectivity index (χ4n) is 1.60. The van der Waals surface area contributed by atoms with Crippen LogP contribution in [0.2, 0.25) is 0 Å². The minimum atomic E-state index is -0.103. The van der Waals surface area contributed by atoms with Crippen molar-refractivity contribution in [2.24, 2.45) is 0 Å². The van der Waals surface area contributed by atoms with E-state index in [0.29, 0.717) is 18.8 Å². The minimum absolute atomic E-state index is 0.103. The fourth-order valence-corrected chi connectivity index (χ4v) is 1.60. The van der Waals surface area contributed by atoms with Gasteiger partial charge in [0.05, 0.1) is 13.0 Å². The number of carbonyl (C=O) groups excluding carboxylic acids is 1. The van der Waals surface area contributed by atoms with Crippen LogP contribution in [-0.2, 0) is 4.79 Å². The summed E-state index contributed by atoms with van der Waals surface area (Å²) in [6.07, 6.45) is 0.296. The molecule has 0 unspecified atom stereocenters. The van der Waals surface area contributed by atoms with Crippen molar-refractivity contribution in [1.82, 2.24) is 4.98 Å². The van der Waals surface area contributed by atoms with E-state index in [4.69, 9.17) is 4.74 Å². The molecular formula is C15H16N2O2. The van der Waals surface area contributed by atoms with E-state index in [0.717, 1.165) is 11.4 Å². The van der Waals surface area contributed by atoms with Crippen LogP contribution in [0.4, 0.5) is 5.82 Å². The van der Waals surface area contributed by atoms with Gasteiger partial charge in [-0.1, -0.05) is 24.3 Å². The average molecular weight is 256 g/mol. The van der Waals surface area contributed by atoms with Gasteiger partial charge in [0.1, 0.15) is 11.6 Å². The molecule has 2 rings (SSSR count). The summed E-state index contributed by atoms with van der Waals surface area (Å²) in [5, 5.41) is 2.74. The summed E-state index contributed by atoms with van der Waals surface area (Å²) in [6.45, 7) is 2.23. The molecular weight excluding hydrogens is 240 g/mol. The van der Waals surface area contributed by atoms with Crippen molar-refractivity contribution < 1.29 is 9.53 Å². The maximum absolute atomic E-state index is 11.7. The number of hydrogen-bond acceptors (Lipinski definition) is 3. The van der Waals surface area contributed by atoms with Crippen molar-refractivity contribution in [3.8, 4) is 5.75 Å². The molecule has 0 aliphatic heterocycles. The van der Waals surface area contributed by atoms with Gasteiger partial charge in [-0.05, 0) is 31.2 Å². The molecule has 0 aliphatic carbocycles. The number of pyridine rings is 1. The normalized spacial score (nSPS) is 9.95. The Hall–Kier alpha value is -2.36. The molecule has 1 heterocycles. The van der Waals surface area contributed by atoms with E-state index in [2.05, 4.69) is 10.3 Å². The van der Waals surface area contributed by atoms with Crippen LogP contribution < -0.4 is 10.1 Å². The highest BCUT2D eigenvalue weighted by molar-refractivity contribution is 5.89. The molecule has 1 aromatic carbocycles. The van der Waals surface area contributed by atoms with E-state index in [1.165, 1.54) is 0 Å². The van der Waals surface area contributed by atoms with Crippen molar-refractivity contribution in [3.05, 3.63) is 54.2 Å². The maximum Gasteiger partial charge on any atom is 0.228 e. The number of aromatic nitrogens is 1. The predicted molar refractivity (Wildman–Crippen MR) is 74.2 cm³/mol. The highest BCUT2D eigenvalue weighted by Gasteiger charge is 2.03. The van der Waals surface area contributed by atoms with Crippen LogP contribution in [0.3, 0.4) is 0 Å². The average Bonchev–Trinajstić information content (AvgIpc) is 2.40. The van der Waals surface area contributed by atoms with Crippen LogP contribution in [0.25, 0.3) is 0 Å². The van der Waals surface area contributed by atoms with Gasteiger partial charge >= 0.3 is 0 Å². The standard InChI is InChI=1S/C15H16N2O2/c1-12-6-5-9-14(16-12)17-15(18)10-11-19-13-7-3-2-4-8-13/h2-9H,10-11H2,1H3,(H,16,17,18). The molecule has 1 amide bonds. The largest absolute Gasteiger partial charge is 0.493 e. The van der Waals surface area contributed by atoms with Crippen molar-refractivity contribution >= 4 is 11.7 Å². The number of nitrogens with zero attached hydrogens (tertiary/aromatic N) is 1. The summed E-state index contributed by atoms with van der Waals surface area (Å²) < 4.78 is 5.46. The highest BCUT2D eigenvalue weighted by Crippen LogP contribution is 2.09. The van der Waals surface area contributed by atoms with E-state index < -0.39 is 0 Å². The number of carbonyl (C=O) groups is 1. The number of benzene rings is 1.